The van der Waals surface area contributed by atoms with E-state index in [1.807, 2.05) is 21.1 Å². The fourth-order valence-electron chi connectivity index (χ4n) is 12.9. The first kappa shape index (κ1) is 95.7. The predicted octanol–water partition coefficient (Wildman–Crippen LogP) is 26.6. The molecule has 578 valence electrons. The maximum absolute atomic E-state index is 13.0. The normalized spacial score (nSPS) is 12.9. The van der Waals surface area contributed by atoms with Gasteiger partial charge in [-0.05, 0) is 83.5 Å². The summed E-state index contributed by atoms with van der Waals surface area (Å²) in [6.45, 7) is 4.70. The number of hydrogen-bond donors (Lipinski definition) is 0. The molecule has 0 amide bonds. The number of rotatable bonds is 81. The number of unbranched alkanes of at least 4 members (excludes halogenated alkanes) is 54. The summed E-state index contributed by atoms with van der Waals surface area (Å²) >= 11 is 0. The molecule has 0 fully saturated rings. The molecule has 0 heterocycles. The SMILES string of the molecule is CC/C=C\C/C=C\C/C=C\C/C=C\C/C=C\CCCCCCCCCCCCCCCCCCCCCC(=O)OC(COC(=O)CCCCCCCCCCCCCCCCCCCCCCCCCCCCC/C=C\CCCCCCCCCC)COC(OCC[N+](C)(C)C)C(=O)[O-]. The number of quaternary nitrogens is 1. The summed E-state index contributed by atoms with van der Waals surface area (Å²) in [5.74, 6) is -2.25. The summed E-state index contributed by atoms with van der Waals surface area (Å²) in [7, 11) is 5.95. The van der Waals surface area contributed by atoms with Gasteiger partial charge in [-0.2, -0.15) is 0 Å². The lowest BCUT2D eigenvalue weighted by Crippen LogP contribution is -2.44. The van der Waals surface area contributed by atoms with E-state index >= 15 is 0 Å². The van der Waals surface area contributed by atoms with E-state index in [1.165, 1.54) is 327 Å². The molecule has 0 saturated heterocycles. The molecule has 0 rings (SSSR count). The number of carboxylic acid groups (broad SMARTS) is 1. The average Bonchev–Trinajstić information content (AvgIpc) is 1.16. The summed E-state index contributed by atoms with van der Waals surface area (Å²) in [6, 6.07) is 0. The Hall–Kier alpha value is -3.27. The first-order chi connectivity index (χ1) is 48.6. The van der Waals surface area contributed by atoms with Crippen molar-refractivity contribution in [3.63, 3.8) is 0 Å². The largest absolute Gasteiger partial charge is 0.545 e. The van der Waals surface area contributed by atoms with Crippen molar-refractivity contribution in [1.82, 2.24) is 0 Å². The number of carboxylic acids is 1. The van der Waals surface area contributed by atoms with Crippen molar-refractivity contribution in [2.45, 2.75) is 437 Å². The van der Waals surface area contributed by atoms with Crippen molar-refractivity contribution in [2.75, 3.05) is 47.5 Å². The van der Waals surface area contributed by atoms with E-state index in [0.29, 0.717) is 23.9 Å². The number of ether oxygens (including phenoxy) is 4. The van der Waals surface area contributed by atoms with E-state index in [4.69, 9.17) is 18.9 Å². The zero-order chi connectivity index (χ0) is 71.8. The molecular weight excluding hydrogens is 1220 g/mol. The van der Waals surface area contributed by atoms with E-state index in [1.54, 1.807) is 0 Å². The van der Waals surface area contributed by atoms with Gasteiger partial charge in [-0.1, -0.05) is 401 Å². The number of esters is 2. The molecule has 0 saturated carbocycles. The maximum atomic E-state index is 13.0. The number of likely N-dealkylation sites (N-methyl/N-ethyl adjacent to an activating group) is 1. The first-order valence-electron chi connectivity index (χ1n) is 43.1. The van der Waals surface area contributed by atoms with Crippen LogP contribution in [0.25, 0.3) is 0 Å². The molecule has 0 aromatic heterocycles. The Balaban J connectivity index is 3.93. The van der Waals surface area contributed by atoms with E-state index in [2.05, 4.69) is 86.8 Å². The van der Waals surface area contributed by atoms with Gasteiger partial charge in [0.2, 0.25) is 0 Å². The second-order valence-corrected chi connectivity index (χ2v) is 30.4. The molecule has 0 bridgehead atoms. The zero-order valence-corrected chi connectivity index (χ0v) is 66.4. The van der Waals surface area contributed by atoms with Gasteiger partial charge in [0.25, 0.3) is 0 Å². The smallest absolute Gasteiger partial charge is 0.306 e. The topological polar surface area (TPSA) is 111 Å². The maximum Gasteiger partial charge on any atom is 0.306 e. The highest BCUT2D eigenvalue weighted by atomic mass is 16.7. The van der Waals surface area contributed by atoms with E-state index in [-0.39, 0.29) is 32.2 Å². The van der Waals surface area contributed by atoms with Crippen LogP contribution in [0.4, 0.5) is 0 Å². The van der Waals surface area contributed by atoms with Crippen molar-refractivity contribution in [3.8, 4) is 0 Å². The van der Waals surface area contributed by atoms with Gasteiger partial charge in [0, 0.05) is 12.8 Å². The van der Waals surface area contributed by atoms with Crippen molar-refractivity contribution < 1.29 is 42.9 Å². The molecule has 0 aliphatic rings. The number of carbonyl (C=O) groups excluding carboxylic acids is 3. The molecule has 0 aromatic rings. The van der Waals surface area contributed by atoms with E-state index < -0.39 is 24.3 Å². The minimum atomic E-state index is -1.62. The zero-order valence-electron chi connectivity index (χ0n) is 66.4. The second-order valence-electron chi connectivity index (χ2n) is 30.4. The molecule has 0 radical (unpaired) electrons. The average molecular weight is 1390 g/mol. The van der Waals surface area contributed by atoms with Crippen LogP contribution in [-0.2, 0) is 33.3 Å². The Bertz CT molecular complexity index is 1860. The molecule has 0 aromatic carbocycles. The summed E-state index contributed by atoms with van der Waals surface area (Å²) < 4.78 is 22.9. The van der Waals surface area contributed by atoms with Crippen LogP contribution in [0.15, 0.2) is 72.9 Å². The van der Waals surface area contributed by atoms with Crippen molar-refractivity contribution in [2.24, 2.45) is 0 Å². The Labute approximate surface area is 615 Å². The third-order valence-electron chi connectivity index (χ3n) is 19.4. The summed E-state index contributed by atoms with van der Waals surface area (Å²) in [4.78, 5) is 37.7. The van der Waals surface area contributed by atoms with Crippen LogP contribution in [0.1, 0.15) is 425 Å². The minimum Gasteiger partial charge on any atom is -0.545 e. The van der Waals surface area contributed by atoms with Crippen LogP contribution in [0, 0.1) is 0 Å². The Kier molecular flexibility index (Phi) is 77.8. The lowest BCUT2D eigenvalue weighted by atomic mass is 10.0. The Morgan fingerprint density at radius 1 is 0.313 bits per heavy atom. The van der Waals surface area contributed by atoms with Crippen molar-refractivity contribution in [1.29, 1.82) is 0 Å². The van der Waals surface area contributed by atoms with Crippen LogP contribution >= 0.6 is 0 Å². The summed E-state index contributed by atoms with van der Waals surface area (Å²) in [5.41, 5.74) is 0. The lowest BCUT2D eigenvalue weighted by Gasteiger charge is -2.26. The molecule has 99 heavy (non-hydrogen) atoms. The molecule has 0 aliphatic carbocycles. The highest BCUT2D eigenvalue weighted by Crippen LogP contribution is 2.20. The lowest BCUT2D eigenvalue weighted by molar-refractivity contribution is -0.870. The van der Waals surface area contributed by atoms with Crippen molar-refractivity contribution in [3.05, 3.63) is 72.9 Å². The van der Waals surface area contributed by atoms with Crippen LogP contribution in [0.5, 0.6) is 0 Å². The van der Waals surface area contributed by atoms with Crippen LogP contribution < -0.4 is 5.11 Å². The Morgan fingerprint density at radius 3 is 0.869 bits per heavy atom. The van der Waals surface area contributed by atoms with Gasteiger partial charge >= 0.3 is 11.9 Å². The molecule has 9 heteroatoms. The second kappa shape index (κ2) is 80.4. The molecule has 2 unspecified atom stereocenters. The minimum absolute atomic E-state index is 0.149. The predicted molar refractivity (Wildman–Crippen MR) is 426 cm³/mol. The highest BCUT2D eigenvalue weighted by Gasteiger charge is 2.22. The quantitative estimate of drug-likeness (QED) is 0.0195. The number of allylic oxidation sites excluding steroid dienone is 12. The molecule has 2 atom stereocenters. The number of aliphatic carboxylic acids is 1. The molecule has 0 aliphatic heterocycles. The monoisotopic (exact) mass is 1390 g/mol. The molecule has 9 nitrogen and oxygen atoms in total. The van der Waals surface area contributed by atoms with Crippen LogP contribution in [0.3, 0.4) is 0 Å². The fraction of sp³-hybridized carbons (Fsp3) is 0.833. The molecule has 0 N–H and O–H groups in total. The van der Waals surface area contributed by atoms with E-state index in [0.717, 1.165) is 64.2 Å². The molecular formula is C90H165NO8. The number of hydrogen-bond acceptors (Lipinski definition) is 8. The Morgan fingerprint density at radius 2 is 0.576 bits per heavy atom. The standard InChI is InChI=1S/C90H165NO8/c1-6-8-10-12-14-16-18-20-22-24-26-28-30-32-34-36-38-40-42-43-44-45-47-48-50-52-54-56-58-60-62-64-66-68-70-72-74-76-78-80-87(92)97-84-86(85-98-90(89(94)95)96-83-82-91(3,4)5)99-88(93)81-79-77-75-73-71-69-67-65-63-61-59-57-55-53-51-49-46-41-39-37-35-33-31-29-27-25-23-21-19-17-15-13-11-9-7-2/h9,11,15,17,21,23-24,26-27,29,33,35,86,90H,6-8,10,12-14,16,18-20,22,25,28,30-32,34,36-85H2,1-5H3/b11-9-,17-15-,23-21-,26-24-,29-27-,35-33-. The van der Waals surface area contributed by atoms with Crippen LogP contribution in [0.2, 0.25) is 0 Å². The van der Waals surface area contributed by atoms with Crippen molar-refractivity contribution >= 4 is 17.9 Å². The van der Waals surface area contributed by atoms with Gasteiger partial charge in [-0.15, -0.1) is 0 Å². The van der Waals surface area contributed by atoms with E-state index in [9.17, 15) is 19.5 Å². The van der Waals surface area contributed by atoms with Crippen LogP contribution in [-0.4, -0.2) is 82.3 Å². The van der Waals surface area contributed by atoms with Gasteiger partial charge in [0.1, 0.15) is 13.2 Å². The highest BCUT2D eigenvalue weighted by molar-refractivity contribution is 5.70. The third-order valence-corrected chi connectivity index (χ3v) is 19.4. The number of carbonyl (C=O) groups is 3. The number of nitrogens with zero attached hydrogens (tertiary/aromatic N) is 1. The summed E-state index contributed by atoms with van der Waals surface area (Å²) in [6.07, 6.45) is 106. The third kappa shape index (κ3) is 81.9. The molecule has 0 spiro atoms. The van der Waals surface area contributed by atoms with Gasteiger partial charge in [0.15, 0.2) is 12.4 Å². The summed E-state index contributed by atoms with van der Waals surface area (Å²) in [5, 5.41) is 11.9. The van der Waals surface area contributed by atoms with Gasteiger partial charge in [0.05, 0.1) is 40.3 Å². The van der Waals surface area contributed by atoms with Gasteiger partial charge in [-0.3, -0.25) is 9.59 Å². The van der Waals surface area contributed by atoms with Gasteiger partial charge in [-0.25, -0.2) is 0 Å². The first-order valence-corrected chi connectivity index (χ1v) is 43.1. The fourth-order valence-corrected chi connectivity index (χ4v) is 12.9. The van der Waals surface area contributed by atoms with Gasteiger partial charge < -0.3 is 33.3 Å².